The Labute approximate surface area is 103 Å². The molecule has 98 valence electrons. The maximum absolute atomic E-state index is 12.4. The van der Waals surface area contributed by atoms with E-state index < -0.39 is 0 Å². The first-order chi connectivity index (χ1) is 8.33. The molecule has 1 saturated heterocycles. The lowest BCUT2D eigenvalue weighted by Gasteiger charge is -2.35. The van der Waals surface area contributed by atoms with Gasteiger partial charge in [0, 0.05) is 12.6 Å². The number of hydrogen-bond donors (Lipinski definition) is 2. The summed E-state index contributed by atoms with van der Waals surface area (Å²) >= 11 is 0. The molecule has 0 spiro atoms. The normalized spacial score (nSPS) is 26.1. The molecule has 0 bridgehead atoms. The molecular formula is C13H24N2O2. The van der Waals surface area contributed by atoms with Crippen molar-refractivity contribution in [3.05, 3.63) is 0 Å². The van der Waals surface area contributed by atoms with Crippen LogP contribution >= 0.6 is 0 Å². The first kappa shape index (κ1) is 12.8. The lowest BCUT2D eigenvalue weighted by molar-refractivity contribution is -0.136. The number of aliphatic hydroxyl groups is 1. The fraction of sp³-hybridized carbons (Fsp3) is 0.923. The van der Waals surface area contributed by atoms with Gasteiger partial charge in [0.15, 0.2) is 0 Å². The molecule has 1 amide bonds. The lowest BCUT2D eigenvalue weighted by Crippen LogP contribution is -2.50. The average molecular weight is 240 g/mol. The van der Waals surface area contributed by atoms with Crippen molar-refractivity contribution in [2.24, 2.45) is 0 Å². The summed E-state index contributed by atoms with van der Waals surface area (Å²) in [7, 11) is 0. The van der Waals surface area contributed by atoms with E-state index in [9.17, 15) is 4.79 Å². The molecule has 1 heterocycles. The molecule has 1 saturated carbocycles. The van der Waals surface area contributed by atoms with E-state index in [4.69, 9.17) is 5.11 Å². The molecule has 4 nitrogen and oxygen atoms in total. The fourth-order valence-electron chi connectivity index (χ4n) is 3.07. The molecule has 0 radical (unpaired) electrons. The molecule has 2 fully saturated rings. The summed E-state index contributed by atoms with van der Waals surface area (Å²) in [6, 6.07) is 0.370. The van der Waals surface area contributed by atoms with Crippen molar-refractivity contribution in [3.8, 4) is 0 Å². The van der Waals surface area contributed by atoms with Crippen LogP contribution < -0.4 is 5.32 Å². The Kier molecular flexibility index (Phi) is 4.80. The van der Waals surface area contributed by atoms with Crippen molar-refractivity contribution >= 4 is 5.91 Å². The van der Waals surface area contributed by atoms with Gasteiger partial charge in [-0.05, 0) is 32.2 Å². The SMILES string of the molecule is O=C([C@@H]1CCCN1)N(CCO)C1CCCCC1. The first-order valence-corrected chi connectivity index (χ1v) is 6.97. The zero-order chi connectivity index (χ0) is 12.1. The van der Waals surface area contributed by atoms with Crippen LogP contribution in [-0.2, 0) is 4.79 Å². The van der Waals surface area contributed by atoms with Gasteiger partial charge >= 0.3 is 0 Å². The van der Waals surface area contributed by atoms with E-state index in [0.29, 0.717) is 12.6 Å². The molecule has 0 unspecified atom stereocenters. The Morgan fingerprint density at radius 2 is 1.94 bits per heavy atom. The van der Waals surface area contributed by atoms with Crippen molar-refractivity contribution in [3.63, 3.8) is 0 Å². The van der Waals surface area contributed by atoms with Crippen LogP contribution in [0.1, 0.15) is 44.9 Å². The first-order valence-electron chi connectivity index (χ1n) is 6.97. The summed E-state index contributed by atoms with van der Waals surface area (Å²) in [6.45, 7) is 1.53. The van der Waals surface area contributed by atoms with Gasteiger partial charge in [-0.2, -0.15) is 0 Å². The van der Waals surface area contributed by atoms with E-state index in [1.807, 2.05) is 4.90 Å². The van der Waals surface area contributed by atoms with Gasteiger partial charge in [-0.25, -0.2) is 0 Å². The van der Waals surface area contributed by atoms with Crippen LogP contribution in [0, 0.1) is 0 Å². The third-order valence-corrected chi connectivity index (χ3v) is 4.00. The molecular weight excluding hydrogens is 216 g/mol. The number of carbonyl (C=O) groups excluding carboxylic acids is 1. The molecule has 2 rings (SSSR count). The lowest BCUT2D eigenvalue weighted by atomic mass is 9.93. The highest BCUT2D eigenvalue weighted by Gasteiger charge is 2.31. The van der Waals surface area contributed by atoms with Crippen molar-refractivity contribution in [1.29, 1.82) is 0 Å². The van der Waals surface area contributed by atoms with Crippen LogP contribution in [0.5, 0.6) is 0 Å². The summed E-state index contributed by atoms with van der Waals surface area (Å²) in [5.41, 5.74) is 0. The second-order valence-corrected chi connectivity index (χ2v) is 5.20. The molecule has 0 aromatic carbocycles. The third-order valence-electron chi connectivity index (χ3n) is 4.00. The fourth-order valence-corrected chi connectivity index (χ4v) is 3.07. The minimum absolute atomic E-state index is 0.00322. The Morgan fingerprint density at radius 1 is 1.18 bits per heavy atom. The standard InChI is InChI=1S/C13H24N2O2/c16-10-9-15(11-5-2-1-3-6-11)13(17)12-7-4-8-14-12/h11-12,14,16H,1-10H2/t12-/m0/s1. The largest absolute Gasteiger partial charge is 0.395 e. The molecule has 17 heavy (non-hydrogen) atoms. The predicted molar refractivity (Wildman–Crippen MR) is 66.7 cm³/mol. The number of amides is 1. The zero-order valence-corrected chi connectivity index (χ0v) is 10.5. The van der Waals surface area contributed by atoms with E-state index in [1.54, 1.807) is 0 Å². The average Bonchev–Trinajstić information content (AvgIpc) is 2.90. The Bertz CT molecular complexity index is 246. The number of nitrogens with one attached hydrogen (secondary N) is 1. The molecule has 1 atom stereocenters. The molecule has 2 aliphatic rings. The second kappa shape index (κ2) is 6.36. The summed E-state index contributed by atoms with van der Waals surface area (Å²) in [5, 5.41) is 12.4. The van der Waals surface area contributed by atoms with Gasteiger partial charge in [-0.3, -0.25) is 4.79 Å². The second-order valence-electron chi connectivity index (χ2n) is 5.20. The van der Waals surface area contributed by atoms with E-state index in [1.165, 1.54) is 19.3 Å². The van der Waals surface area contributed by atoms with Crippen molar-refractivity contribution < 1.29 is 9.90 Å². The van der Waals surface area contributed by atoms with E-state index in [2.05, 4.69) is 5.32 Å². The monoisotopic (exact) mass is 240 g/mol. The quantitative estimate of drug-likeness (QED) is 0.767. The van der Waals surface area contributed by atoms with Crippen LogP contribution in [0.3, 0.4) is 0 Å². The molecule has 4 heteroatoms. The van der Waals surface area contributed by atoms with Gasteiger partial charge < -0.3 is 15.3 Å². The van der Waals surface area contributed by atoms with E-state index in [-0.39, 0.29) is 18.6 Å². The topological polar surface area (TPSA) is 52.6 Å². The molecule has 0 aromatic rings. The van der Waals surface area contributed by atoms with Gasteiger partial charge in [0.2, 0.25) is 5.91 Å². The molecule has 2 N–H and O–H groups in total. The third kappa shape index (κ3) is 3.19. The van der Waals surface area contributed by atoms with Gasteiger partial charge in [-0.1, -0.05) is 19.3 Å². The van der Waals surface area contributed by atoms with E-state index in [0.717, 1.165) is 32.2 Å². The zero-order valence-electron chi connectivity index (χ0n) is 10.5. The number of hydrogen-bond acceptors (Lipinski definition) is 3. The number of nitrogens with zero attached hydrogens (tertiary/aromatic N) is 1. The summed E-state index contributed by atoms with van der Waals surface area (Å²) < 4.78 is 0. The highest BCUT2D eigenvalue weighted by molar-refractivity contribution is 5.82. The van der Waals surface area contributed by atoms with E-state index >= 15 is 0 Å². The molecule has 1 aliphatic carbocycles. The smallest absolute Gasteiger partial charge is 0.240 e. The van der Waals surface area contributed by atoms with Crippen LogP contribution in [0.2, 0.25) is 0 Å². The minimum Gasteiger partial charge on any atom is -0.395 e. The van der Waals surface area contributed by atoms with Gasteiger partial charge in [0.1, 0.15) is 0 Å². The summed E-state index contributed by atoms with van der Waals surface area (Å²) in [5.74, 6) is 0.212. The van der Waals surface area contributed by atoms with Gasteiger partial charge in [-0.15, -0.1) is 0 Å². The Morgan fingerprint density at radius 3 is 2.53 bits per heavy atom. The predicted octanol–water partition coefficient (Wildman–Crippen LogP) is 0.892. The number of carbonyl (C=O) groups is 1. The summed E-state index contributed by atoms with van der Waals surface area (Å²) in [6.07, 6.45) is 7.99. The van der Waals surface area contributed by atoms with Gasteiger partial charge in [0.05, 0.1) is 12.6 Å². The Balaban J connectivity index is 1.96. The van der Waals surface area contributed by atoms with Gasteiger partial charge in [0.25, 0.3) is 0 Å². The van der Waals surface area contributed by atoms with Crippen molar-refractivity contribution in [2.45, 2.75) is 57.0 Å². The minimum atomic E-state index is 0.00322. The molecule has 1 aliphatic heterocycles. The maximum Gasteiger partial charge on any atom is 0.240 e. The van der Waals surface area contributed by atoms with Crippen LogP contribution in [0.15, 0.2) is 0 Å². The summed E-state index contributed by atoms with van der Waals surface area (Å²) in [4.78, 5) is 14.3. The molecule has 0 aromatic heterocycles. The van der Waals surface area contributed by atoms with Crippen molar-refractivity contribution in [1.82, 2.24) is 10.2 Å². The maximum atomic E-state index is 12.4. The number of rotatable bonds is 4. The van der Waals surface area contributed by atoms with Crippen LogP contribution in [0.25, 0.3) is 0 Å². The van der Waals surface area contributed by atoms with Crippen LogP contribution in [0.4, 0.5) is 0 Å². The van der Waals surface area contributed by atoms with Crippen molar-refractivity contribution in [2.75, 3.05) is 19.7 Å². The highest BCUT2D eigenvalue weighted by atomic mass is 16.3. The van der Waals surface area contributed by atoms with Crippen LogP contribution in [-0.4, -0.2) is 47.7 Å². The number of aliphatic hydroxyl groups excluding tert-OH is 1. The highest BCUT2D eigenvalue weighted by Crippen LogP contribution is 2.23. The Hall–Kier alpha value is -0.610.